The van der Waals surface area contributed by atoms with Gasteiger partial charge < -0.3 is 15.8 Å². The molecule has 1 rings (SSSR count). The third kappa shape index (κ3) is 3.42. The number of hydrogen-bond donors (Lipinski definition) is 2. The van der Waals surface area contributed by atoms with Gasteiger partial charge in [0, 0.05) is 11.3 Å². The molecule has 1 aromatic carbocycles. The first-order valence-electron chi connectivity index (χ1n) is 5.20. The van der Waals surface area contributed by atoms with E-state index in [9.17, 15) is 4.79 Å². The van der Waals surface area contributed by atoms with Crippen LogP contribution in [0.5, 0.6) is 0 Å². The molecule has 1 unspecified atom stereocenters. The predicted molar refractivity (Wildman–Crippen MR) is 72.2 cm³/mol. The van der Waals surface area contributed by atoms with Gasteiger partial charge in [-0.1, -0.05) is 12.2 Å². The summed E-state index contributed by atoms with van der Waals surface area (Å²) in [5.74, 6) is -0.305. The molecule has 0 saturated heterocycles. The zero-order valence-electron chi connectivity index (χ0n) is 10.1. The molecule has 0 spiro atoms. The molecule has 0 radical (unpaired) electrons. The monoisotopic (exact) mass is 252 g/mol. The van der Waals surface area contributed by atoms with E-state index in [0.717, 1.165) is 16.8 Å². The minimum atomic E-state index is -0.393. The first kappa shape index (κ1) is 13.4. The van der Waals surface area contributed by atoms with Crippen LogP contribution in [0.25, 0.3) is 0 Å². The van der Waals surface area contributed by atoms with Crippen LogP contribution in [0, 0.1) is 6.92 Å². The number of anilines is 1. The topological polar surface area (TPSA) is 64.3 Å². The van der Waals surface area contributed by atoms with Crippen LogP contribution in [-0.2, 0) is 9.53 Å². The Kier molecular flexibility index (Phi) is 4.45. The maximum absolute atomic E-state index is 11.3. The van der Waals surface area contributed by atoms with Crippen LogP contribution < -0.4 is 11.1 Å². The highest BCUT2D eigenvalue weighted by atomic mass is 32.1. The summed E-state index contributed by atoms with van der Waals surface area (Å²) in [5.41, 5.74) is 8.22. The van der Waals surface area contributed by atoms with E-state index in [2.05, 4.69) is 10.1 Å². The lowest BCUT2D eigenvalue weighted by Gasteiger charge is -2.14. The van der Waals surface area contributed by atoms with Crippen molar-refractivity contribution in [2.24, 2.45) is 5.73 Å². The number of hydrogen-bond acceptors (Lipinski definition) is 4. The molecule has 0 fully saturated rings. The molecule has 4 nitrogen and oxygen atoms in total. The van der Waals surface area contributed by atoms with Crippen LogP contribution in [0.1, 0.15) is 18.1 Å². The summed E-state index contributed by atoms with van der Waals surface area (Å²) in [6, 6.07) is 5.17. The smallest absolute Gasteiger partial charge is 0.327 e. The van der Waals surface area contributed by atoms with Crippen LogP contribution in [-0.4, -0.2) is 24.1 Å². The molecule has 0 aromatic heterocycles. The summed E-state index contributed by atoms with van der Waals surface area (Å²) in [6.45, 7) is 3.66. The van der Waals surface area contributed by atoms with Gasteiger partial charge in [-0.15, -0.1) is 0 Å². The van der Waals surface area contributed by atoms with Crippen molar-refractivity contribution in [1.82, 2.24) is 0 Å². The molecule has 0 aliphatic carbocycles. The number of nitrogens with two attached hydrogens (primary N) is 1. The second kappa shape index (κ2) is 5.63. The number of carbonyl (C=O) groups is 1. The number of nitrogens with one attached hydrogen (secondary N) is 1. The summed E-state index contributed by atoms with van der Waals surface area (Å²) in [6.07, 6.45) is 0. The average Bonchev–Trinajstić information content (AvgIpc) is 2.27. The third-order valence-electron chi connectivity index (χ3n) is 2.43. The largest absolute Gasteiger partial charge is 0.467 e. The van der Waals surface area contributed by atoms with E-state index in [1.54, 1.807) is 6.92 Å². The predicted octanol–water partition coefficient (Wildman–Crippen LogP) is 1.60. The first-order valence-corrected chi connectivity index (χ1v) is 5.61. The van der Waals surface area contributed by atoms with Crippen LogP contribution in [0.2, 0.25) is 0 Å². The number of aryl methyl sites for hydroxylation is 1. The van der Waals surface area contributed by atoms with E-state index in [4.69, 9.17) is 18.0 Å². The molecule has 0 aliphatic rings. The van der Waals surface area contributed by atoms with Crippen molar-refractivity contribution in [2.75, 3.05) is 12.4 Å². The van der Waals surface area contributed by atoms with Gasteiger partial charge in [0.1, 0.15) is 11.0 Å². The Labute approximate surface area is 106 Å². The zero-order chi connectivity index (χ0) is 13.0. The van der Waals surface area contributed by atoms with Crippen molar-refractivity contribution in [3.05, 3.63) is 29.3 Å². The number of thiocarbonyl (C=S) groups is 1. The summed E-state index contributed by atoms with van der Waals surface area (Å²) in [7, 11) is 1.36. The number of benzene rings is 1. The quantitative estimate of drug-likeness (QED) is 0.629. The van der Waals surface area contributed by atoms with Crippen molar-refractivity contribution in [3.63, 3.8) is 0 Å². The highest BCUT2D eigenvalue weighted by Crippen LogP contribution is 2.16. The number of methoxy groups -OCH3 is 1. The van der Waals surface area contributed by atoms with E-state index in [1.807, 2.05) is 25.1 Å². The zero-order valence-corrected chi connectivity index (χ0v) is 10.9. The first-order chi connectivity index (χ1) is 7.95. The van der Waals surface area contributed by atoms with Crippen molar-refractivity contribution < 1.29 is 9.53 Å². The van der Waals surface area contributed by atoms with Gasteiger partial charge in [-0.25, -0.2) is 4.79 Å². The van der Waals surface area contributed by atoms with Crippen molar-refractivity contribution in [1.29, 1.82) is 0 Å². The third-order valence-corrected chi connectivity index (χ3v) is 2.65. The molecule has 3 N–H and O–H groups in total. The highest BCUT2D eigenvalue weighted by Gasteiger charge is 2.12. The van der Waals surface area contributed by atoms with E-state index in [0.29, 0.717) is 4.99 Å². The molecule has 0 bridgehead atoms. The molecule has 0 saturated carbocycles. The Morgan fingerprint density at radius 3 is 2.65 bits per heavy atom. The second-order valence-electron chi connectivity index (χ2n) is 3.78. The molecular weight excluding hydrogens is 236 g/mol. The Morgan fingerprint density at radius 2 is 2.18 bits per heavy atom. The Hall–Kier alpha value is -1.62. The SMILES string of the molecule is COC(=O)C(C)Nc1ccc(C(N)=S)c(C)c1. The Balaban J connectivity index is 2.84. The van der Waals surface area contributed by atoms with E-state index >= 15 is 0 Å². The van der Waals surface area contributed by atoms with Crippen molar-refractivity contribution >= 4 is 28.9 Å². The van der Waals surface area contributed by atoms with Gasteiger partial charge in [-0.2, -0.15) is 0 Å². The number of ether oxygens (including phenoxy) is 1. The molecule has 92 valence electrons. The van der Waals surface area contributed by atoms with Gasteiger partial charge in [0.2, 0.25) is 0 Å². The molecule has 5 heteroatoms. The summed E-state index contributed by atoms with van der Waals surface area (Å²) in [4.78, 5) is 11.6. The van der Waals surface area contributed by atoms with Crippen LogP contribution in [0.4, 0.5) is 5.69 Å². The minimum Gasteiger partial charge on any atom is -0.467 e. The lowest BCUT2D eigenvalue weighted by Crippen LogP contribution is -2.27. The van der Waals surface area contributed by atoms with Crippen molar-refractivity contribution in [2.45, 2.75) is 19.9 Å². The van der Waals surface area contributed by atoms with Crippen LogP contribution in [0.15, 0.2) is 18.2 Å². The van der Waals surface area contributed by atoms with Gasteiger partial charge in [0.05, 0.1) is 7.11 Å². The second-order valence-corrected chi connectivity index (χ2v) is 4.22. The summed E-state index contributed by atoms with van der Waals surface area (Å²) in [5, 5.41) is 3.04. The molecule has 0 amide bonds. The summed E-state index contributed by atoms with van der Waals surface area (Å²) >= 11 is 4.92. The normalized spacial score (nSPS) is 11.7. The van der Waals surface area contributed by atoms with Gasteiger partial charge in [-0.05, 0) is 37.6 Å². The summed E-state index contributed by atoms with van der Waals surface area (Å²) < 4.78 is 4.63. The molecule has 1 aromatic rings. The number of carbonyl (C=O) groups excluding carboxylic acids is 1. The highest BCUT2D eigenvalue weighted by molar-refractivity contribution is 7.80. The van der Waals surface area contributed by atoms with E-state index < -0.39 is 6.04 Å². The maximum Gasteiger partial charge on any atom is 0.327 e. The standard InChI is InChI=1S/C12H16N2O2S/c1-7-6-9(4-5-10(7)11(13)17)14-8(2)12(15)16-3/h4-6,8,14H,1-3H3,(H2,13,17). The van der Waals surface area contributed by atoms with Gasteiger partial charge >= 0.3 is 5.97 Å². The molecule has 17 heavy (non-hydrogen) atoms. The van der Waals surface area contributed by atoms with E-state index in [-0.39, 0.29) is 5.97 Å². The number of esters is 1. The lowest BCUT2D eigenvalue weighted by molar-refractivity contribution is -0.141. The fourth-order valence-electron chi connectivity index (χ4n) is 1.52. The fraction of sp³-hybridized carbons (Fsp3) is 0.333. The Bertz CT molecular complexity index is 446. The van der Waals surface area contributed by atoms with Gasteiger partial charge in [0.25, 0.3) is 0 Å². The number of rotatable bonds is 4. The molecular formula is C12H16N2O2S. The van der Waals surface area contributed by atoms with E-state index in [1.165, 1.54) is 7.11 Å². The molecule has 0 heterocycles. The van der Waals surface area contributed by atoms with Crippen LogP contribution >= 0.6 is 12.2 Å². The minimum absolute atomic E-state index is 0.305. The Morgan fingerprint density at radius 1 is 1.53 bits per heavy atom. The van der Waals surface area contributed by atoms with Crippen molar-refractivity contribution in [3.8, 4) is 0 Å². The fourth-order valence-corrected chi connectivity index (χ4v) is 1.74. The average molecular weight is 252 g/mol. The van der Waals surface area contributed by atoms with Gasteiger partial charge in [0.15, 0.2) is 0 Å². The molecule has 0 aliphatic heterocycles. The van der Waals surface area contributed by atoms with Gasteiger partial charge in [-0.3, -0.25) is 0 Å². The lowest BCUT2D eigenvalue weighted by atomic mass is 10.1. The maximum atomic E-state index is 11.3. The van der Waals surface area contributed by atoms with Crippen LogP contribution in [0.3, 0.4) is 0 Å². The molecule has 1 atom stereocenters.